The molecule has 1 heterocycles. The van der Waals surface area contributed by atoms with E-state index < -0.39 is 0 Å². The van der Waals surface area contributed by atoms with Gasteiger partial charge in [-0.25, -0.2) is 0 Å². The van der Waals surface area contributed by atoms with Crippen molar-refractivity contribution >= 4 is 23.2 Å². The van der Waals surface area contributed by atoms with E-state index in [4.69, 9.17) is 14.2 Å². The lowest BCUT2D eigenvalue weighted by molar-refractivity contribution is -0.143. The molecule has 7 nitrogen and oxygen atoms in total. The Morgan fingerprint density at radius 1 is 0.939 bits per heavy atom. The van der Waals surface area contributed by atoms with Gasteiger partial charge in [0.1, 0.15) is 6.61 Å². The molecule has 0 aliphatic rings. The Labute approximate surface area is 201 Å². The normalized spacial score (nSPS) is 10.7. The van der Waals surface area contributed by atoms with Gasteiger partial charge in [-0.1, -0.05) is 19.4 Å². The van der Waals surface area contributed by atoms with Crippen LogP contribution in [0.1, 0.15) is 35.1 Å². The number of unbranched alkanes of at least 4 members (excludes halogenated alkanes) is 1. The first-order valence-corrected chi connectivity index (χ1v) is 12.0. The SMILES string of the molecule is CCCCN(CC(=O)N(CCc1ccc(OC)c(OC)c1)Cc1ccc(C)s1)C(=O)COC. The number of thiophene rings is 1. The third-order valence-electron chi connectivity index (χ3n) is 5.34. The van der Waals surface area contributed by atoms with Crippen molar-refractivity contribution < 1.29 is 23.8 Å². The van der Waals surface area contributed by atoms with Gasteiger partial charge in [0.15, 0.2) is 11.5 Å². The lowest BCUT2D eigenvalue weighted by atomic mass is 10.1. The third-order valence-corrected chi connectivity index (χ3v) is 6.33. The standard InChI is InChI=1S/C25H36N2O5S/c1-6-7-13-26(25(29)18-30-3)17-24(28)27(16-21-10-8-19(2)33-21)14-12-20-9-11-22(31-4)23(15-20)32-5/h8-11,15H,6-7,12-14,16-18H2,1-5H3. The maximum atomic E-state index is 13.3. The number of amides is 2. The Hall–Kier alpha value is -2.58. The summed E-state index contributed by atoms with van der Waals surface area (Å²) in [7, 11) is 4.71. The molecule has 0 atom stereocenters. The molecule has 2 amide bonds. The highest BCUT2D eigenvalue weighted by molar-refractivity contribution is 7.11. The van der Waals surface area contributed by atoms with Gasteiger partial charge >= 0.3 is 0 Å². The maximum absolute atomic E-state index is 13.3. The number of carbonyl (C=O) groups is 2. The van der Waals surface area contributed by atoms with E-state index in [9.17, 15) is 9.59 Å². The Kier molecular flexibility index (Phi) is 11.2. The van der Waals surface area contributed by atoms with Crippen LogP contribution in [0.5, 0.6) is 11.5 Å². The molecule has 0 fully saturated rings. The first-order chi connectivity index (χ1) is 15.9. The molecule has 2 rings (SSSR count). The summed E-state index contributed by atoms with van der Waals surface area (Å²) in [5.41, 5.74) is 1.05. The number of hydrogen-bond acceptors (Lipinski definition) is 6. The van der Waals surface area contributed by atoms with Crippen molar-refractivity contribution in [1.82, 2.24) is 9.80 Å². The van der Waals surface area contributed by atoms with Crippen LogP contribution in [0, 0.1) is 6.92 Å². The number of nitrogens with zero attached hydrogens (tertiary/aromatic N) is 2. The first-order valence-electron chi connectivity index (χ1n) is 11.2. The van der Waals surface area contributed by atoms with E-state index in [1.54, 1.807) is 30.5 Å². The molecule has 0 spiro atoms. The van der Waals surface area contributed by atoms with Crippen LogP contribution in [0.4, 0.5) is 0 Å². The zero-order chi connectivity index (χ0) is 24.2. The molecule has 1 aromatic carbocycles. The van der Waals surface area contributed by atoms with Crippen LogP contribution < -0.4 is 9.47 Å². The number of methoxy groups -OCH3 is 3. The summed E-state index contributed by atoms with van der Waals surface area (Å²) >= 11 is 1.68. The van der Waals surface area contributed by atoms with E-state index in [-0.39, 0.29) is 25.0 Å². The molecule has 0 N–H and O–H groups in total. The van der Waals surface area contributed by atoms with Gasteiger partial charge < -0.3 is 24.0 Å². The summed E-state index contributed by atoms with van der Waals surface area (Å²) in [6, 6.07) is 9.91. The fraction of sp³-hybridized carbons (Fsp3) is 0.520. The Balaban J connectivity index is 2.16. The van der Waals surface area contributed by atoms with Crippen molar-refractivity contribution in [2.45, 2.75) is 39.7 Å². The van der Waals surface area contributed by atoms with Crippen molar-refractivity contribution in [3.63, 3.8) is 0 Å². The predicted octanol–water partition coefficient (Wildman–Crippen LogP) is 3.92. The largest absolute Gasteiger partial charge is 0.493 e. The first kappa shape index (κ1) is 26.7. The second-order valence-corrected chi connectivity index (χ2v) is 9.24. The zero-order valence-corrected chi connectivity index (χ0v) is 21.2. The maximum Gasteiger partial charge on any atom is 0.249 e. The van der Waals surface area contributed by atoms with E-state index >= 15 is 0 Å². The minimum absolute atomic E-state index is 0.0211. The monoisotopic (exact) mass is 476 g/mol. The van der Waals surface area contributed by atoms with Crippen molar-refractivity contribution in [3.8, 4) is 11.5 Å². The number of aryl methyl sites for hydroxylation is 1. The van der Waals surface area contributed by atoms with Crippen LogP contribution >= 0.6 is 11.3 Å². The van der Waals surface area contributed by atoms with Gasteiger partial charge in [-0.3, -0.25) is 9.59 Å². The lowest BCUT2D eigenvalue weighted by Crippen LogP contribution is -2.44. The van der Waals surface area contributed by atoms with Gasteiger partial charge in [0.25, 0.3) is 0 Å². The molecule has 33 heavy (non-hydrogen) atoms. The highest BCUT2D eigenvalue weighted by atomic mass is 32.1. The average Bonchev–Trinajstić information content (AvgIpc) is 3.23. The Morgan fingerprint density at radius 3 is 2.30 bits per heavy atom. The fourth-order valence-corrected chi connectivity index (χ4v) is 4.38. The van der Waals surface area contributed by atoms with E-state index in [0.717, 1.165) is 23.3 Å². The summed E-state index contributed by atoms with van der Waals surface area (Å²) in [6.07, 6.45) is 2.46. The molecular formula is C25H36N2O5S. The molecule has 0 aliphatic heterocycles. The minimum Gasteiger partial charge on any atom is -0.493 e. The molecule has 0 unspecified atom stereocenters. The van der Waals surface area contributed by atoms with E-state index in [2.05, 4.69) is 26.0 Å². The van der Waals surface area contributed by atoms with E-state index in [1.165, 1.54) is 12.0 Å². The van der Waals surface area contributed by atoms with Gasteiger partial charge in [0, 0.05) is 30.0 Å². The summed E-state index contributed by atoms with van der Waals surface area (Å²) in [5, 5.41) is 0. The van der Waals surface area contributed by atoms with Crippen molar-refractivity contribution in [2.75, 3.05) is 47.6 Å². The van der Waals surface area contributed by atoms with Gasteiger partial charge in [-0.2, -0.15) is 0 Å². The minimum atomic E-state index is -0.161. The number of ether oxygens (including phenoxy) is 3. The summed E-state index contributed by atoms with van der Waals surface area (Å²) in [5.74, 6) is 1.11. The molecular weight excluding hydrogens is 440 g/mol. The van der Waals surface area contributed by atoms with Crippen LogP contribution in [0.25, 0.3) is 0 Å². The topological polar surface area (TPSA) is 68.3 Å². The molecule has 182 valence electrons. The zero-order valence-electron chi connectivity index (χ0n) is 20.4. The number of rotatable bonds is 14. The molecule has 0 radical (unpaired) electrons. The number of hydrogen-bond donors (Lipinski definition) is 0. The van der Waals surface area contributed by atoms with Gasteiger partial charge in [0.05, 0.1) is 27.3 Å². The summed E-state index contributed by atoms with van der Waals surface area (Å²) in [6.45, 7) is 5.75. The van der Waals surface area contributed by atoms with Gasteiger partial charge in [-0.05, 0) is 49.6 Å². The lowest BCUT2D eigenvalue weighted by Gasteiger charge is -2.27. The Morgan fingerprint density at radius 2 is 1.70 bits per heavy atom. The highest BCUT2D eigenvalue weighted by Gasteiger charge is 2.22. The van der Waals surface area contributed by atoms with Crippen molar-refractivity contribution in [1.29, 1.82) is 0 Å². The van der Waals surface area contributed by atoms with Crippen LogP contribution in [-0.4, -0.2) is 69.2 Å². The molecule has 0 bridgehead atoms. The van der Waals surface area contributed by atoms with Crippen LogP contribution in [0.2, 0.25) is 0 Å². The number of carbonyl (C=O) groups excluding carboxylic acids is 2. The van der Waals surface area contributed by atoms with Gasteiger partial charge in [-0.15, -0.1) is 11.3 Å². The molecule has 1 aromatic heterocycles. The smallest absolute Gasteiger partial charge is 0.249 e. The van der Waals surface area contributed by atoms with E-state index in [0.29, 0.717) is 37.6 Å². The van der Waals surface area contributed by atoms with Crippen LogP contribution in [0.15, 0.2) is 30.3 Å². The molecule has 0 aliphatic carbocycles. The highest BCUT2D eigenvalue weighted by Crippen LogP contribution is 2.28. The Bertz CT molecular complexity index is 899. The quantitative estimate of drug-likeness (QED) is 0.413. The second-order valence-electron chi connectivity index (χ2n) is 7.87. The summed E-state index contributed by atoms with van der Waals surface area (Å²) < 4.78 is 15.7. The van der Waals surface area contributed by atoms with Crippen molar-refractivity contribution in [2.24, 2.45) is 0 Å². The van der Waals surface area contributed by atoms with Crippen molar-refractivity contribution in [3.05, 3.63) is 45.6 Å². The fourth-order valence-electron chi connectivity index (χ4n) is 3.47. The predicted molar refractivity (Wildman–Crippen MR) is 131 cm³/mol. The number of benzene rings is 1. The van der Waals surface area contributed by atoms with Crippen LogP contribution in [0.3, 0.4) is 0 Å². The van der Waals surface area contributed by atoms with E-state index in [1.807, 2.05) is 23.1 Å². The average molecular weight is 477 g/mol. The van der Waals surface area contributed by atoms with Crippen LogP contribution in [-0.2, 0) is 27.3 Å². The van der Waals surface area contributed by atoms with Gasteiger partial charge in [0.2, 0.25) is 11.8 Å². The molecule has 2 aromatic rings. The summed E-state index contributed by atoms with van der Waals surface area (Å²) in [4.78, 5) is 31.6. The molecule has 0 saturated carbocycles. The molecule has 0 saturated heterocycles. The molecule has 8 heteroatoms. The third kappa shape index (κ3) is 8.37. The second kappa shape index (κ2) is 13.9.